The zero-order valence-corrected chi connectivity index (χ0v) is 14.5. The molecule has 1 aliphatic rings. The van der Waals surface area contributed by atoms with Gasteiger partial charge in [0.15, 0.2) is 6.61 Å². The third kappa shape index (κ3) is 4.62. The number of benzene rings is 1. The number of rotatable bonds is 6. The number of methoxy groups -OCH3 is 1. The smallest absolute Gasteiger partial charge is 0.260 e. The molecule has 1 aliphatic heterocycles. The number of amides is 1. The summed E-state index contributed by atoms with van der Waals surface area (Å²) >= 11 is 0. The number of ether oxygens (including phenoxy) is 3. The molecule has 25 heavy (non-hydrogen) atoms. The van der Waals surface area contributed by atoms with Crippen LogP contribution in [-0.2, 0) is 4.79 Å². The summed E-state index contributed by atoms with van der Waals surface area (Å²) in [5.41, 5.74) is 0.913. The van der Waals surface area contributed by atoms with Crippen molar-refractivity contribution in [2.45, 2.75) is 19.4 Å². The van der Waals surface area contributed by atoms with Crippen LogP contribution < -0.4 is 14.2 Å². The topological polar surface area (TPSA) is 60.9 Å². The first-order valence-corrected chi connectivity index (χ1v) is 8.29. The number of hydrogen-bond donors (Lipinski definition) is 0. The van der Waals surface area contributed by atoms with Crippen LogP contribution in [0.3, 0.4) is 0 Å². The lowest BCUT2D eigenvalue weighted by Crippen LogP contribution is -2.34. The van der Waals surface area contributed by atoms with Crippen molar-refractivity contribution in [1.29, 1.82) is 0 Å². The Balaban J connectivity index is 1.47. The summed E-state index contributed by atoms with van der Waals surface area (Å²) in [6.45, 7) is 3.16. The van der Waals surface area contributed by atoms with Gasteiger partial charge in [0.1, 0.15) is 17.6 Å². The van der Waals surface area contributed by atoms with Crippen molar-refractivity contribution in [2.75, 3.05) is 26.8 Å². The Morgan fingerprint density at radius 3 is 2.68 bits per heavy atom. The Hall–Kier alpha value is -2.76. The maximum atomic E-state index is 12.3. The largest absolute Gasteiger partial charge is 0.497 e. The molecule has 0 N–H and O–H groups in total. The van der Waals surface area contributed by atoms with E-state index in [0.29, 0.717) is 24.7 Å². The van der Waals surface area contributed by atoms with E-state index in [1.807, 2.05) is 25.1 Å². The van der Waals surface area contributed by atoms with Gasteiger partial charge in [-0.1, -0.05) is 6.07 Å². The molecule has 1 unspecified atom stereocenters. The van der Waals surface area contributed by atoms with E-state index in [4.69, 9.17) is 14.2 Å². The Morgan fingerprint density at radius 1 is 1.20 bits per heavy atom. The third-order valence-corrected chi connectivity index (χ3v) is 4.07. The zero-order valence-electron chi connectivity index (χ0n) is 14.5. The van der Waals surface area contributed by atoms with Crippen molar-refractivity contribution < 1.29 is 19.0 Å². The molecule has 0 bridgehead atoms. The van der Waals surface area contributed by atoms with Gasteiger partial charge in [-0.25, -0.2) is 4.98 Å². The van der Waals surface area contributed by atoms with Crippen LogP contribution in [-0.4, -0.2) is 48.7 Å². The first-order chi connectivity index (χ1) is 12.1. The lowest BCUT2D eigenvalue weighted by Gasteiger charge is -2.17. The van der Waals surface area contributed by atoms with E-state index < -0.39 is 0 Å². The number of pyridine rings is 1. The van der Waals surface area contributed by atoms with Gasteiger partial charge in [0.2, 0.25) is 5.88 Å². The average Bonchev–Trinajstić information content (AvgIpc) is 3.08. The molecule has 0 aliphatic carbocycles. The summed E-state index contributed by atoms with van der Waals surface area (Å²) in [5, 5.41) is 0. The number of aryl methyl sites for hydroxylation is 1. The second kappa shape index (κ2) is 7.88. The first-order valence-electron chi connectivity index (χ1n) is 8.29. The van der Waals surface area contributed by atoms with Crippen LogP contribution in [0, 0.1) is 6.92 Å². The molecule has 0 spiro atoms. The molecule has 2 heterocycles. The first kappa shape index (κ1) is 17.1. The van der Waals surface area contributed by atoms with E-state index in [1.165, 1.54) is 0 Å². The molecule has 2 aromatic rings. The summed E-state index contributed by atoms with van der Waals surface area (Å²) in [5.74, 6) is 1.96. The van der Waals surface area contributed by atoms with Crippen LogP contribution in [0.25, 0.3) is 0 Å². The number of hydrogen-bond acceptors (Lipinski definition) is 5. The van der Waals surface area contributed by atoms with Crippen LogP contribution in [0.5, 0.6) is 17.4 Å². The highest BCUT2D eigenvalue weighted by molar-refractivity contribution is 5.78. The van der Waals surface area contributed by atoms with E-state index >= 15 is 0 Å². The third-order valence-electron chi connectivity index (χ3n) is 4.07. The fourth-order valence-electron chi connectivity index (χ4n) is 2.71. The number of carbonyl (C=O) groups excluding carboxylic acids is 1. The monoisotopic (exact) mass is 342 g/mol. The van der Waals surface area contributed by atoms with E-state index in [0.717, 1.165) is 17.9 Å². The highest BCUT2D eigenvalue weighted by Crippen LogP contribution is 2.19. The van der Waals surface area contributed by atoms with Crippen LogP contribution in [0.1, 0.15) is 12.1 Å². The molecule has 1 amide bonds. The number of nitrogens with zero attached hydrogens (tertiary/aromatic N) is 2. The van der Waals surface area contributed by atoms with Gasteiger partial charge < -0.3 is 19.1 Å². The molecule has 1 atom stereocenters. The maximum absolute atomic E-state index is 12.3. The molecule has 0 saturated carbocycles. The minimum Gasteiger partial charge on any atom is -0.497 e. The normalized spacial score (nSPS) is 16.6. The molecule has 0 radical (unpaired) electrons. The Morgan fingerprint density at radius 2 is 1.96 bits per heavy atom. The second-order valence-electron chi connectivity index (χ2n) is 5.95. The molecule has 1 fully saturated rings. The molecule has 1 aromatic heterocycles. The van der Waals surface area contributed by atoms with Gasteiger partial charge >= 0.3 is 0 Å². The Kier molecular flexibility index (Phi) is 5.38. The minimum atomic E-state index is -0.0425. The number of carbonyl (C=O) groups is 1. The van der Waals surface area contributed by atoms with Gasteiger partial charge in [0.25, 0.3) is 5.91 Å². The van der Waals surface area contributed by atoms with Gasteiger partial charge in [-0.15, -0.1) is 0 Å². The quantitative estimate of drug-likeness (QED) is 0.807. The highest BCUT2D eigenvalue weighted by atomic mass is 16.5. The van der Waals surface area contributed by atoms with Gasteiger partial charge in [-0.2, -0.15) is 0 Å². The van der Waals surface area contributed by atoms with E-state index in [9.17, 15) is 4.79 Å². The van der Waals surface area contributed by atoms with Gasteiger partial charge in [0, 0.05) is 24.7 Å². The van der Waals surface area contributed by atoms with Crippen LogP contribution in [0.15, 0.2) is 42.5 Å². The molecule has 6 nitrogen and oxygen atoms in total. The van der Waals surface area contributed by atoms with E-state index in [-0.39, 0.29) is 18.6 Å². The van der Waals surface area contributed by atoms with Gasteiger partial charge in [-0.3, -0.25) is 4.79 Å². The van der Waals surface area contributed by atoms with Crippen molar-refractivity contribution in [2.24, 2.45) is 0 Å². The molecule has 3 rings (SSSR count). The SMILES string of the molecule is COc1ccc(OCC(=O)N2CCC(Oc3cccc(C)n3)C2)cc1. The summed E-state index contributed by atoms with van der Waals surface area (Å²) in [6.07, 6.45) is 0.767. The molecule has 1 saturated heterocycles. The van der Waals surface area contributed by atoms with Crippen molar-refractivity contribution in [3.05, 3.63) is 48.2 Å². The summed E-state index contributed by atoms with van der Waals surface area (Å²) < 4.78 is 16.5. The van der Waals surface area contributed by atoms with Crippen LogP contribution >= 0.6 is 0 Å². The molecule has 1 aromatic carbocycles. The van der Waals surface area contributed by atoms with Crippen molar-refractivity contribution in [3.8, 4) is 17.4 Å². The van der Waals surface area contributed by atoms with Gasteiger partial charge in [-0.05, 0) is 37.3 Å². The van der Waals surface area contributed by atoms with Gasteiger partial charge in [0.05, 0.1) is 13.7 Å². The van der Waals surface area contributed by atoms with E-state index in [1.54, 1.807) is 36.3 Å². The molecule has 6 heteroatoms. The molecule has 132 valence electrons. The summed E-state index contributed by atoms with van der Waals surface area (Å²) in [6, 6.07) is 12.8. The average molecular weight is 342 g/mol. The van der Waals surface area contributed by atoms with Crippen LogP contribution in [0.2, 0.25) is 0 Å². The predicted molar refractivity (Wildman–Crippen MR) is 93.1 cm³/mol. The fraction of sp³-hybridized carbons (Fsp3) is 0.368. The standard InChI is InChI=1S/C19H22N2O4/c1-14-4-3-5-18(20-14)25-17-10-11-21(12-17)19(22)13-24-16-8-6-15(23-2)7-9-16/h3-9,17H,10-13H2,1-2H3. The second-order valence-corrected chi connectivity index (χ2v) is 5.95. The Labute approximate surface area is 147 Å². The van der Waals surface area contributed by atoms with Crippen molar-refractivity contribution in [3.63, 3.8) is 0 Å². The molecular weight excluding hydrogens is 320 g/mol. The fourth-order valence-corrected chi connectivity index (χ4v) is 2.71. The number of aromatic nitrogens is 1. The minimum absolute atomic E-state index is 0.0156. The Bertz CT molecular complexity index is 718. The lowest BCUT2D eigenvalue weighted by atomic mass is 10.3. The van der Waals surface area contributed by atoms with E-state index in [2.05, 4.69) is 4.98 Å². The van der Waals surface area contributed by atoms with Crippen molar-refractivity contribution >= 4 is 5.91 Å². The van der Waals surface area contributed by atoms with Crippen molar-refractivity contribution in [1.82, 2.24) is 9.88 Å². The van der Waals surface area contributed by atoms with Crippen LogP contribution in [0.4, 0.5) is 0 Å². The molecular formula is C19H22N2O4. The predicted octanol–water partition coefficient (Wildman–Crippen LogP) is 2.46. The lowest BCUT2D eigenvalue weighted by molar-refractivity contribution is -0.132. The summed E-state index contributed by atoms with van der Waals surface area (Å²) in [7, 11) is 1.61. The maximum Gasteiger partial charge on any atom is 0.260 e. The number of likely N-dealkylation sites (tertiary alicyclic amines) is 1. The zero-order chi connectivity index (χ0) is 17.6. The summed E-state index contributed by atoms with van der Waals surface area (Å²) in [4.78, 5) is 18.4. The highest BCUT2D eigenvalue weighted by Gasteiger charge is 2.28.